The smallest absolute Gasteiger partial charge is 0.0367 e. The third kappa shape index (κ3) is 3.95. The molecule has 19 heavy (non-hydrogen) atoms. The Morgan fingerprint density at radius 1 is 1.00 bits per heavy atom. The number of hydrogen-bond donors (Lipinski definition) is 1. The van der Waals surface area contributed by atoms with Crippen molar-refractivity contribution >= 4 is 5.69 Å². The number of nitrogens with two attached hydrogens (primary N) is 1. The molecule has 0 saturated carbocycles. The van der Waals surface area contributed by atoms with Crippen LogP contribution < -0.4 is 10.6 Å². The highest BCUT2D eigenvalue weighted by Crippen LogP contribution is 2.19. The van der Waals surface area contributed by atoms with E-state index < -0.39 is 0 Å². The lowest BCUT2D eigenvalue weighted by Crippen LogP contribution is -2.47. The van der Waals surface area contributed by atoms with Gasteiger partial charge in [-0.3, -0.25) is 4.90 Å². The predicted molar refractivity (Wildman–Crippen MR) is 82.5 cm³/mol. The largest absolute Gasteiger partial charge is 0.369 e. The summed E-state index contributed by atoms with van der Waals surface area (Å²) in [5.41, 5.74) is 8.42. The summed E-state index contributed by atoms with van der Waals surface area (Å²) in [6, 6.07) is 8.84. The molecule has 0 bridgehead atoms. The fourth-order valence-electron chi connectivity index (χ4n) is 2.69. The summed E-state index contributed by atoms with van der Waals surface area (Å²) in [6.45, 7) is 12.4. The monoisotopic (exact) mass is 261 g/mol. The van der Waals surface area contributed by atoms with Gasteiger partial charge in [-0.2, -0.15) is 0 Å². The molecule has 1 aliphatic rings. The number of hydrogen-bond acceptors (Lipinski definition) is 3. The van der Waals surface area contributed by atoms with Gasteiger partial charge in [0.15, 0.2) is 0 Å². The highest BCUT2D eigenvalue weighted by Gasteiger charge is 2.17. The maximum absolute atomic E-state index is 5.89. The third-order valence-electron chi connectivity index (χ3n) is 3.78. The Hall–Kier alpha value is -1.06. The van der Waals surface area contributed by atoms with Crippen molar-refractivity contribution in [3.05, 3.63) is 29.8 Å². The second-order valence-corrected chi connectivity index (χ2v) is 6.06. The van der Waals surface area contributed by atoms with Gasteiger partial charge in [-0.15, -0.1) is 0 Å². The first-order valence-corrected chi connectivity index (χ1v) is 7.39. The van der Waals surface area contributed by atoms with Crippen molar-refractivity contribution in [2.45, 2.75) is 26.8 Å². The van der Waals surface area contributed by atoms with E-state index in [1.54, 1.807) is 0 Å². The lowest BCUT2D eigenvalue weighted by Gasteiger charge is -2.37. The average Bonchev–Trinajstić information content (AvgIpc) is 2.39. The second kappa shape index (κ2) is 6.40. The van der Waals surface area contributed by atoms with Crippen molar-refractivity contribution in [3.8, 4) is 0 Å². The first kappa shape index (κ1) is 14.4. The van der Waals surface area contributed by atoms with Gasteiger partial charge in [0.1, 0.15) is 0 Å². The minimum atomic E-state index is 0.122. The molecule has 3 heteroatoms. The molecule has 0 amide bonds. The minimum Gasteiger partial charge on any atom is -0.369 e. The number of anilines is 1. The summed E-state index contributed by atoms with van der Waals surface area (Å²) >= 11 is 0. The van der Waals surface area contributed by atoms with Gasteiger partial charge in [0.2, 0.25) is 0 Å². The molecule has 0 aromatic heterocycles. The van der Waals surface area contributed by atoms with Crippen LogP contribution in [-0.4, -0.2) is 37.6 Å². The van der Waals surface area contributed by atoms with E-state index >= 15 is 0 Å². The van der Waals surface area contributed by atoms with Crippen molar-refractivity contribution in [3.63, 3.8) is 0 Å². The molecule has 1 fully saturated rings. The second-order valence-electron chi connectivity index (χ2n) is 6.06. The zero-order valence-electron chi connectivity index (χ0n) is 12.5. The highest BCUT2D eigenvalue weighted by atomic mass is 15.3. The van der Waals surface area contributed by atoms with Crippen LogP contribution in [0.15, 0.2) is 24.3 Å². The molecule has 106 valence electrons. The van der Waals surface area contributed by atoms with Crippen LogP contribution in [0.5, 0.6) is 0 Å². The van der Waals surface area contributed by atoms with E-state index in [9.17, 15) is 0 Å². The third-order valence-corrected chi connectivity index (χ3v) is 3.78. The van der Waals surface area contributed by atoms with Gasteiger partial charge in [-0.25, -0.2) is 0 Å². The van der Waals surface area contributed by atoms with E-state index in [2.05, 4.69) is 47.9 Å². The number of benzene rings is 1. The molecule has 1 atom stereocenters. The number of piperazine rings is 1. The first-order chi connectivity index (χ1) is 9.06. The van der Waals surface area contributed by atoms with Crippen molar-refractivity contribution < 1.29 is 0 Å². The van der Waals surface area contributed by atoms with E-state index in [0.29, 0.717) is 0 Å². The molecule has 2 rings (SSSR count). The number of nitrogens with zero attached hydrogens (tertiary/aromatic N) is 2. The lowest BCUT2D eigenvalue weighted by molar-refractivity contribution is 0.231. The van der Waals surface area contributed by atoms with Crippen LogP contribution >= 0.6 is 0 Å². The van der Waals surface area contributed by atoms with E-state index in [1.807, 2.05) is 6.92 Å². The molecule has 1 aliphatic heterocycles. The lowest BCUT2D eigenvalue weighted by atomic mass is 10.1. The topological polar surface area (TPSA) is 32.5 Å². The Kier molecular flexibility index (Phi) is 4.83. The highest BCUT2D eigenvalue weighted by molar-refractivity contribution is 5.48. The minimum absolute atomic E-state index is 0.122. The molecule has 3 nitrogen and oxygen atoms in total. The van der Waals surface area contributed by atoms with Gasteiger partial charge in [-0.05, 0) is 30.5 Å². The fourth-order valence-corrected chi connectivity index (χ4v) is 2.69. The van der Waals surface area contributed by atoms with Gasteiger partial charge < -0.3 is 10.6 Å². The molecule has 1 aromatic carbocycles. The van der Waals surface area contributed by atoms with Crippen molar-refractivity contribution in [2.24, 2.45) is 11.7 Å². The van der Waals surface area contributed by atoms with Gasteiger partial charge in [-0.1, -0.05) is 26.0 Å². The summed E-state index contributed by atoms with van der Waals surface area (Å²) in [5, 5.41) is 0. The normalized spacial score (nSPS) is 18.9. The van der Waals surface area contributed by atoms with Crippen LogP contribution in [0, 0.1) is 5.92 Å². The summed E-state index contributed by atoms with van der Waals surface area (Å²) in [4.78, 5) is 5.04. The van der Waals surface area contributed by atoms with Gasteiger partial charge >= 0.3 is 0 Å². The first-order valence-electron chi connectivity index (χ1n) is 7.39. The molecule has 1 aromatic rings. The van der Waals surface area contributed by atoms with Gasteiger partial charge in [0, 0.05) is 44.5 Å². The summed E-state index contributed by atoms with van der Waals surface area (Å²) in [5.74, 6) is 0.761. The van der Waals surface area contributed by atoms with E-state index in [-0.39, 0.29) is 6.04 Å². The predicted octanol–water partition coefficient (Wildman–Crippen LogP) is 2.48. The molecule has 0 spiro atoms. The Morgan fingerprint density at radius 2 is 1.58 bits per heavy atom. The summed E-state index contributed by atoms with van der Waals surface area (Å²) in [6.07, 6.45) is 0. The average molecular weight is 261 g/mol. The number of rotatable bonds is 4. The van der Waals surface area contributed by atoms with Crippen LogP contribution in [0.3, 0.4) is 0 Å². The molecular weight excluding hydrogens is 234 g/mol. The van der Waals surface area contributed by atoms with Crippen LogP contribution in [0.25, 0.3) is 0 Å². The summed E-state index contributed by atoms with van der Waals surface area (Å²) < 4.78 is 0. The van der Waals surface area contributed by atoms with Gasteiger partial charge in [0.05, 0.1) is 0 Å². The zero-order valence-corrected chi connectivity index (χ0v) is 12.5. The SMILES string of the molecule is CC(C)CN1CCN(c2ccc(C(C)N)cc2)CC1. The fraction of sp³-hybridized carbons (Fsp3) is 0.625. The van der Waals surface area contributed by atoms with Crippen LogP contribution in [0.4, 0.5) is 5.69 Å². The molecule has 0 radical (unpaired) electrons. The molecule has 2 N–H and O–H groups in total. The summed E-state index contributed by atoms with van der Waals surface area (Å²) in [7, 11) is 0. The van der Waals surface area contributed by atoms with Gasteiger partial charge in [0.25, 0.3) is 0 Å². The Balaban J connectivity index is 1.90. The Bertz CT molecular complexity index is 375. The van der Waals surface area contributed by atoms with Crippen LogP contribution in [-0.2, 0) is 0 Å². The maximum atomic E-state index is 5.89. The van der Waals surface area contributed by atoms with Crippen molar-refractivity contribution in [1.82, 2.24) is 4.90 Å². The molecule has 1 saturated heterocycles. The van der Waals surface area contributed by atoms with Crippen LogP contribution in [0.2, 0.25) is 0 Å². The maximum Gasteiger partial charge on any atom is 0.0367 e. The molecular formula is C16H27N3. The Morgan fingerprint density at radius 3 is 2.05 bits per heavy atom. The molecule has 1 unspecified atom stereocenters. The van der Waals surface area contributed by atoms with Crippen LogP contribution in [0.1, 0.15) is 32.4 Å². The quantitative estimate of drug-likeness (QED) is 0.904. The van der Waals surface area contributed by atoms with Crippen molar-refractivity contribution in [2.75, 3.05) is 37.6 Å². The molecule has 1 heterocycles. The Labute approximate surface area is 117 Å². The van der Waals surface area contributed by atoms with E-state index in [1.165, 1.54) is 30.9 Å². The van der Waals surface area contributed by atoms with Crippen molar-refractivity contribution in [1.29, 1.82) is 0 Å². The van der Waals surface area contributed by atoms with E-state index in [4.69, 9.17) is 5.73 Å². The zero-order chi connectivity index (χ0) is 13.8. The van der Waals surface area contributed by atoms with E-state index in [0.717, 1.165) is 19.0 Å². The molecule has 0 aliphatic carbocycles. The standard InChI is InChI=1S/C16H27N3/c1-13(2)12-18-8-10-19(11-9-18)16-6-4-15(5-7-16)14(3)17/h4-7,13-14H,8-12,17H2,1-3H3.